The number of hydrogen-bond acceptors (Lipinski definition) is 2. The lowest BCUT2D eigenvalue weighted by molar-refractivity contribution is 0.461. The van der Waals surface area contributed by atoms with E-state index in [1.807, 2.05) is 4.68 Å². The van der Waals surface area contributed by atoms with Crippen molar-refractivity contribution in [1.82, 2.24) is 15.1 Å². The molecule has 1 aliphatic rings. The molecule has 0 aliphatic carbocycles. The summed E-state index contributed by atoms with van der Waals surface area (Å²) in [5.74, 6) is 1.42. The molecule has 1 aromatic rings. The first kappa shape index (κ1) is 10.7. The SMILES string of the molecule is CCC[C@@H]1CNC[C@@H]1c1ccn(CC)n1. The van der Waals surface area contributed by atoms with E-state index in [4.69, 9.17) is 0 Å². The Morgan fingerprint density at radius 1 is 1.47 bits per heavy atom. The molecular weight excluding hydrogens is 186 g/mol. The van der Waals surface area contributed by atoms with Gasteiger partial charge in [-0.25, -0.2) is 0 Å². The number of hydrogen-bond donors (Lipinski definition) is 1. The van der Waals surface area contributed by atoms with Crippen molar-refractivity contribution < 1.29 is 0 Å². The lowest BCUT2D eigenvalue weighted by atomic mass is 9.89. The van der Waals surface area contributed by atoms with E-state index in [1.54, 1.807) is 0 Å². The first-order chi connectivity index (χ1) is 7.35. The summed E-state index contributed by atoms with van der Waals surface area (Å²) in [7, 11) is 0. The van der Waals surface area contributed by atoms with Gasteiger partial charge in [-0.2, -0.15) is 5.10 Å². The highest BCUT2D eigenvalue weighted by molar-refractivity contribution is 5.11. The molecule has 2 heterocycles. The molecule has 3 heteroatoms. The fourth-order valence-corrected chi connectivity index (χ4v) is 2.50. The summed E-state index contributed by atoms with van der Waals surface area (Å²) in [6.07, 6.45) is 4.69. The lowest BCUT2D eigenvalue weighted by Gasteiger charge is -2.15. The van der Waals surface area contributed by atoms with Crippen molar-refractivity contribution in [3.63, 3.8) is 0 Å². The predicted octanol–water partition coefficient (Wildman–Crippen LogP) is 2.01. The highest BCUT2D eigenvalue weighted by atomic mass is 15.3. The van der Waals surface area contributed by atoms with Crippen LogP contribution in [-0.4, -0.2) is 22.9 Å². The van der Waals surface area contributed by atoms with Gasteiger partial charge in [-0.3, -0.25) is 4.68 Å². The van der Waals surface area contributed by atoms with Crippen LogP contribution in [0.15, 0.2) is 12.3 Å². The third-order valence-corrected chi connectivity index (χ3v) is 3.36. The van der Waals surface area contributed by atoms with E-state index >= 15 is 0 Å². The predicted molar refractivity (Wildman–Crippen MR) is 61.9 cm³/mol. The van der Waals surface area contributed by atoms with E-state index in [0.717, 1.165) is 25.6 Å². The van der Waals surface area contributed by atoms with Crippen LogP contribution in [0.4, 0.5) is 0 Å². The van der Waals surface area contributed by atoms with Gasteiger partial charge in [0.1, 0.15) is 0 Å². The van der Waals surface area contributed by atoms with E-state index in [9.17, 15) is 0 Å². The van der Waals surface area contributed by atoms with Crippen molar-refractivity contribution in [3.8, 4) is 0 Å². The molecule has 0 aromatic carbocycles. The first-order valence-corrected chi connectivity index (χ1v) is 6.09. The smallest absolute Gasteiger partial charge is 0.0671 e. The van der Waals surface area contributed by atoms with Gasteiger partial charge in [-0.15, -0.1) is 0 Å². The number of rotatable bonds is 4. The van der Waals surface area contributed by atoms with E-state index in [-0.39, 0.29) is 0 Å². The molecule has 1 fully saturated rings. The van der Waals surface area contributed by atoms with Crippen LogP contribution in [-0.2, 0) is 6.54 Å². The minimum atomic E-state index is 0.637. The molecule has 2 rings (SSSR count). The zero-order valence-electron chi connectivity index (χ0n) is 9.74. The molecule has 0 bridgehead atoms. The summed E-state index contributed by atoms with van der Waals surface area (Å²) in [6.45, 7) is 7.63. The van der Waals surface area contributed by atoms with Crippen LogP contribution < -0.4 is 5.32 Å². The van der Waals surface area contributed by atoms with Gasteiger partial charge < -0.3 is 5.32 Å². The molecule has 1 aromatic heterocycles. The topological polar surface area (TPSA) is 29.9 Å². The molecule has 0 spiro atoms. The molecule has 1 saturated heterocycles. The molecule has 3 nitrogen and oxygen atoms in total. The number of aromatic nitrogens is 2. The molecule has 2 atom stereocenters. The van der Waals surface area contributed by atoms with Crippen LogP contribution >= 0.6 is 0 Å². The van der Waals surface area contributed by atoms with Crippen molar-refractivity contribution in [2.24, 2.45) is 5.92 Å². The van der Waals surface area contributed by atoms with Crippen LogP contribution in [0.1, 0.15) is 38.3 Å². The third kappa shape index (κ3) is 2.23. The Kier molecular flexibility index (Phi) is 3.41. The number of nitrogens with one attached hydrogen (secondary N) is 1. The third-order valence-electron chi connectivity index (χ3n) is 3.36. The minimum Gasteiger partial charge on any atom is -0.316 e. The van der Waals surface area contributed by atoms with E-state index in [2.05, 4.69) is 36.5 Å². The van der Waals surface area contributed by atoms with Gasteiger partial charge >= 0.3 is 0 Å². The van der Waals surface area contributed by atoms with Crippen LogP contribution in [0, 0.1) is 5.92 Å². The Hall–Kier alpha value is -0.830. The number of nitrogens with zero attached hydrogens (tertiary/aromatic N) is 2. The average Bonchev–Trinajstić information content (AvgIpc) is 2.85. The van der Waals surface area contributed by atoms with E-state index in [1.165, 1.54) is 18.5 Å². The summed E-state index contributed by atoms with van der Waals surface area (Å²) in [6, 6.07) is 2.18. The maximum Gasteiger partial charge on any atom is 0.0671 e. The second kappa shape index (κ2) is 4.79. The molecule has 1 aliphatic heterocycles. The largest absolute Gasteiger partial charge is 0.316 e. The van der Waals surface area contributed by atoms with Crippen LogP contribution in [0.25, 0.3) is 0 Å². The maximum atomic E-state index is 4.62. The van der Waals surface area contributed by atoms with Gasteiger partial charge in [0.25, 0.3) is 0 Å². The molecule has 0 radical (unpaired) electrons. The Labute approximate surface area is 91.9 Å². The van der Waals surface area contributed by atoms with Gasteiger partial charge in [-0.1, -0.05) is 13.3 Å². The van der Waals surface area contributed by atoms with E-state index < -0.39 is 0 Å². The standard InChI is InChI=1S/C12H21N3/c1-3-5-10-8-13-9-11(10)12-6-7-15(4-2)14-12/h6-7,10-11,13H,3-5,8-9H2,1-2H3/t10-,11+/m1/s1. The van der Waals surface area contributed by atoms with Gasteiger partial charge in [-0.05, 0) is 31.9 Å². The van der Waals surface area contributed by atoms with Crippen molar-refractivity contribution in [1.29, 1.82) is 0 Å². The zero-order chi connectivity index (χ0) is 10.7. The van der Waals surface area contributed by atoms with Gasteiger partial charge in [0, 0.05) is 25.2 Å². The monoisotopic (exact) mass is 207 g/mol. The first-order valence-electron chi connectivity index (χ1n) is 6.09. The maximum absolute atomic E-state index is 4.62. The summed E-state index contributed by atoms with van der Waals surface area (Å²) in [4.78, 5) is 0. The molecule has 84 valence electrons. The quantitative estimate of drug-likeness (QED) is 0.818. The Balaban J connectivity index is 2.08. The van der Waals surface area contributed by atoms with Crippen molar-refractivity contribution >= 4 is 0 Å². The Bertz CT molecular complexity index is 306. The number of aryl methyl sites for hydroxylation is 1. The minimum absolute atomic E-state index is 0.637. The van der Waals surface area contributed by atoms with Gasteiger partial charge in [0.2, 0.25) is 0 Å². The van der Waals surface area contributed by atoms with Crippen molar-refractivity contribution in [2.75, 3.05) is 13.1 Å². The second-order valence-electron chi connectivity index (χ2n) is 4.41. The summed E-state index contributed by atoms with van der Waals surface area (Å²) >= 11 is 0. The highest BCUT2D eigenvalue weighted by Crippen LogP contribution is 2.29. The fourth-order valence-electron chi connectivity index (χ4n) is 2.50. The molecule has 0 saturated carbocycles. The molecule has 0 amide bonds. The average molecular weight is 207 g/mol. The van der Waals surface area contributed by atoms with Crippen LogP contribution in [0.5, 0.6) is 0 Å². The van der Waals surface area contributed by atoms with Gasteiger partial charge in [0.15, 0.2) is 0 Å². The van der Waals surface area contributed by atoms with Crippen molar-refractivity contribution in [2.45, 2.75) is 39.2 Å². The van der Waals surface area contributed by atoms with Crippen molar-refractivity contribution in [3.05, 3.63) is 18.0 Å². The van der Waals surface area contributed by atoms with Crippen LogP contribution in [0.2, 0.25) is 0 Å². The summed E-state index contributed by atoms with van der Waals surface area (Å²) in [5, 5.41) is 8.10. The van der Waals surface area contributed by atoms with E-state index in [0.29, 0.717) is 5.92 Å². The lowest BCUT2D eigenvalue weighted by Crippen LogP contribution is -2.11. The van der Waals surface area contributed by atoms with Crippen LogP contribution in [0.3, 0.4) is 0 Å². The molecule has 15 heavy (non-hydrogen) atoms. The Morgan fingerprint density at radius 2 is 2.33 bits per heavy atom. The van der Waals surface area contributed by atoms with Gasteiger partial charge in [0.05, 0.1) is 5.69 Å². The molecular formula is C12H21N3. The summed E-state index contributed by atoms with van der Waals surface area (Å²) in [5.41, 5.74) is 1.28. The highest BCUT2D eigenvalue weighted by Gasteiger charge is 2.29. The molecule has 1 N–H and O–H groups in total. The zero-order valence-corrected chi connectivity index (χ0v) is 9.74. The summed E-state index contributed by atoms with van der Waals surface area (Å²) < 4.78 is 2.02. The second-order valence-corrected chi connectivity index (χ2v) is 4.41. The molecule has 0 unspecified atom stereocenters. The normalized spacial score (nSPS) is 26.0. The Morgan fingerprint density at radius 3 is 3.00 bits per heavy atom. The fraction of sp³-hybridized carbons (Fsp3) is 0.750.